The minimum absolute atomic E-state index is 0.0403. The Hall–Kier alpha value is -2.00. The molecule has 0 saturated heterocycles. The Morgan fingerprint density at radius 1 is 1.11 bits per heavy atom. The van der Waals surface area contributed by atoms with Crippen molar-refractivity contribution in [1.29, 1.82) is 0 Å². The van der Waals surface area contributed by atoms with E-state index in [1.54, 1.807) is 19.3 Å². The third-order valence-electron chi connectivity index (χ3n) is 2.93. The molecule has 0 aliphatic carbocycles. The fraction of sp³-hybridized carbons (Fsp3) is 0.250. The largest absolute Gasteiger partial charge is 0.305 e. The van der Waals surface area contributed by atoms with Crippen LogP contribution in [0.25, 0.3) is 11.1 Å². The number of rotatable bonds is 4. The molecule has 1 aromatic carbocycles. The van der Waals surface area contributed by atoms with Gasteiger partial charge in [0.2, 0.25) is 0 Å². The molecule has 0 spiro atoms. The van der Waals surface area contributed by atoms with Gasteiger partial charge in [0, 0.05) is 30.1 Å². The molecule has 0 amide bonds. The van der Waals surface area contributed by atoms with Gasteiger partial charge in [0.15, 0.2) is 5.78 Å². The molecule has 0 N–H and O–H groups in total. The summed E-state index contributed by atoms with van der Waals surface area (Å²) in [6, 6.07) is 10.2. The van der Waals surface area contributed by atoms with Crippen molar-refractivity contribution in [2.75, 3.05) is 14.1 Å². The molecule has 0 saturated carbocycles. The summed E-state index contributed by atoms with van der Waals surface area (Å²) >= 11 is 0. The topological polar surface area (TPSA) is 33.2 Å². The molecule has 19 heavy (non-hydrogen) atoms. The summed E-state index contributed by atoms with van der Waals surface area (Å²) in [6.07, 6.45) is 3.39. The number of pyridine rings is 1. The lowest BCUT2D eigenvalue weighted by Gasteiger charge is -2.10. The maximum atomic E-state index is 11.4. The second-order valence-electron chi connectivity index (χ2n) is 4.95. The van der Waals surface area contributed by atoms with Gasteiger partial charge in [-0.05, 0) is 38.2 Å². The summed E-state index contributed by atoms with van der Waals surface area (Å²) in [5.74, 6) is 0.0403. The van der Waals surface area contributed by atoms with Crippen molar-refractivity contribution in [3.8, 4) is 11.1 Å². The summed E-state index contributed by atoms with van der Waals surface area (Å²) in [5, 5.41) is 0. The third kappa shape index (κ3) is 3.48. The fourth-order valence-electron chi connectivity index (χ4n) is 1.96. The van der Waals surface area contributed by atoms with Gasteiger partial charge in [-0.25, -0.2) is 0 Å². The SMILES string of the molecule is CC(=O)c1cncc(-c2ccc(CN(C)C)cc2)c1. The molecule has 0 unspecified atom stereocenters. The van der Waals surface area contributed by atoms with Crippen LogP contribution in [0.5, 0.6) is 0 Å². The van der Waals surface area contributed by atoms with Gasteiger partial charge in [-0.15, -0.1) is 0 Å². The highest BCUT2D eigenvalue weighted by Crippen LogP contribution is 2.20. The second kappa shape index (κ2) is 5.76. The molecule has 0 aliphatic heterocycles. The first-order chi connectivity index (χ1) is 9.06. The van der Waals surface area contributed by atoms with Crippen LogP contribution in [-0.2, 0) is 6.54 Å². The number of carbonyl (C=O) groups excluding carboxylic acids is 1. The first-order valence-electron chi connectivity index (χ1n) is 6.26. The van der Waals surface area contributed by atoms with Gasteiger partial charge in [0.1, 0.15) is 0 Å². The van der Waals surface area contributed by atoms with E-state index >= 15 is 0 Å². The Bertz CT molecular complexity index is 574. The van der Waals surface area contributed by atoms with Crippen LogP contribution in [-0.4, -0.2) is 29.8 Å². The molecule has 0 atom stereocenters. The zero-order valence-corrected chi connectivity index (χ0v) is 11.6. The highest BCUT2D eigenvalue weighted by Gasteiger charge is 2.04. The van der Waals surface area contributed by atoms with Crippen LogP contribution in [0.3, 0.4) is 0 Å². The van der Waals surface area contributed by atoms with Crippen LogP contribution in [0.1, 0.15) is 22.8 Å². The van der Waals surface area contributed by atoms with E-state index in [1.807, 2.05) is 20.2 Å². The molecule has 1 aromatic heterocycles. The van der Waals surface area contributed by atoms with Crippen LogP contribution in [0.2, 0.25) is 0 Å². The number of hydrogen-bond donors (Lipinski definition) is 0. The first-order valence-corrected chi connectivity index (χ1v) is 6.26. The van der Waals surface area contributed by atoms with E-state index in [9.17, 15) is 4.79 Å². The number of aromatic nitrogens is 1. The Morgan fingerprint density at radius 2 is 1.79 bits per heavy atom. The number of carbonyl (C=O) groups is 1. The lowest BCUT2D eigenvalue weighted by atomic mass is 10.0. The summed E-state index contributed by atoms with van der Waals surface area (Å²) in [7, 11) is 4.10. The Balaban J connectivity index is 2.27. The molecular formula is C16H18N2O. The van der Waals surface area contributed by atoms with E-state index in [2.05, 4.69) is 34.1 Å². The van der Waals surface area contributed by atoms with Crippen LogP contribution in [0.15, 0.2) is 42.7 Å². The maximum Gasteiger partial charge on any atom is 0.161 e. The van der Waals surface area contributed by atoms with Gasteiger partial charge in [0.25, 0.3) is 0 Å². The van der Waals surface area contributed by atoms with E-state index in [0.29, 0.717) is 5.56 Å². The number of benzene rings is 1. The van der Waals surface area contributed by atoms with E-state index in [0.717, 1.165) is 17.7 Å². The quantitative estimate of drug-likeness (QED) is 0.786. The molecule has 2 rings (SSSR count). The lowest BCUT2D eigenvalue weighted by molar-refractivity contribution is 0.101. The van der Waals surface area contributed by atoms with Gasteiger partial charge in [-0.3, -0.25) is 9.78 Å². The molecule has 2 aromatic rings. The second-order valence-corrected chi connectivity index (χ2v) is 4.95. The van der Waals surface area contributed by atoms with Crippen molar-refractivity contribution < 1.29 is 4.79 Å². The van der Waals surface area contributed by atoms with E-state index in [1.165, 1.54) is 5.56 Å². The van der Waals surface area contributed by atoms with E-state index in [4.69, 9.17) is 0 Å². The Morgan fingerprint density at radius 3 is 2.37 bits per heavy atom. The summed E-state index contributed by atoms with van der Waals surface area (Å²) in [6.45, 7) is 2.48. The summed E-state index contributed by atoms with van der Waals surface area (Å²) in [4.78, 5) is 17.6. The zero-order chi connectivity index (χ0) is 13.8. The Labute approximate surface area is 113 Å². The maximum absolute atomic E-state index is 11.4. The van der Waals surface area contributed by atoms with Crippen molar-refractivity contribution in [2.24, 2.45) is 0 Å². The van der Waals surface area contributed by atoms with E-state index < -0.39 is 0 Å². The fourth-order valence-corrected chi connectivity index (χ4v) is 1.96. The van der Waals surface area contributed by atoms with Crippen molar-refractivity contribution in [3.63, 3.8) is 0 Å². The molecule has 0 radical (unpaired) electrons. The van der Waals surface area contributed by atoms with Crippen molar-refractivity contribution in [2.45, 2.75) is 13.5 Å². The predicted octanol–water partition coefficient (Wildman–Crippen LogP) is 3.01. The number of Topliss-reactive ketones (excluding diaryl/α,β-unsaturated/α-hetero) is 1. The molecule has 98 valence electrons. The molecule has 3 heteroatoms. The van der Waals surface area contributed by atoms with Gasteiger partial charge < -0.3 is 4.90 Å². The van der Waals surface area contributed by atoms with Crippen LogP contribution >= 0.6 is 0 Å². The van der Waals surface area contributed by atoms with Crippen LogP contribution in [0.4, 0.5) is 0 Å². The van der Waals surface area contributed by atoms with Gasteiger partial charge in [-0.1, -0.05) is 24.3 Å². The van der Waals surface area contributed by atoms with Crippen LogP contribution in [0, 0.1) is 0 Å². The molecule has 1 heterocycles. The highest BCUT2D eigenvalue weighted by atomic mass is 16.1. The first kappa shape index (κ1) is 13.4. The molecule has 3 nitrogen and oxygen atoms in total. The highest BCUT2D eigenvalue weighted by molar-refractivity contribution is 5.94. The summed E-state index contributed by atoms with van der Waals surface area (Å²) in [5.41, 5.74) is 3.97. The predicted molar refractivity (Wildman–Crippen MR) is 77.1 cm³/mol. The van der Waals surface area contributed by atoms with Crippen molar-refractivity contribution in [1.82, 2.24) is 9.88 Å². The van der Waals surface area contributed by atoms with Gasteiger partial charge >= 0.3 is 0 Å². The normalized spacial score (nSPS) is 10.7. The average Bonchev–Trinajstić information content (AvgIpc) is 2.39. The average molecular weight is 254 g/mol. The van der Waals surface area contributed by atoms with Gasteiger partial charge in [0.05, 0.1) is 0 Å². The van der Waals surface area contributed by atoms with Crippen molar-refractivity contribution >= 4 is 5.78 Å². The standard InChI is InChI=1S/C16H18N2O/c1-12(19)15-8-16(10-17-9-15)14-6-4-13(5-7-14)11-18(2)3/h4-10H,11H2,1-3H3. The van der Waals surface area contributed by atoms with Crippen molar-refractivity contribution in [3.05, 3.63) is 53.9 Å². The molecule has 0 fully saturated rings. The smallest absolute Gasteiger partial charge is 0.161 e. The lowest BCUT2D eigenvalue weighted by Crippen LogP contribution is -2.10. The van der Waals surface area contributed by atoms with Crippen LogP contribution < -0.4 is 0 Å². The number of ketones is 1. The minimum Gasteiger partial charge on any atom is -0.305 e. The zero-order valence-electron chi connectivity index (χ0n) is 11.6. The molecule has 0 bridgehead atoms. The molecule has 0 aliphatic rings. The Kier molecular flexibility index (Phi) is 4.07. The number of nitrogens with zero attached hydrogens (tertiary/aromatic N) is 2. The van der Waals surface area contributed by atoms with E-state index in [-0.39, 0.29) is 5.78 Å². The molecular weight excluding hydrogens is 236 g/mol. The van der Waals surface area contributed by atoms with Gasteiger partial charge in [-0.2, -0.15) is 0 Å². The third-order valence-corrected chi connectivity index (χ3v) is 2.93. The monoisotopic (exact) mass is 254 g/mol. The minimum atomic E-state index is 0.0403. The number of hydrogen-bond acceptors (Lipinski definition) is 3. The summed E-state index contributed by atoms with van der Waals surface area (Å²) < 4.78 is 0.